The van der Waals surface area contributed by atoms with Crippen molar-refractivity contribution >= 4 is 0 Å². The van der Waals surface area contributed by atoms with Crippen LogP contribution in [-0.2, 0) is 4.74 Å². The third-order valence-corrected chi connectivity index (χ3v) is 0.321. The van der Waals surface area contributed by atoms with E-state index in [0.29, 0.717) is 0 Å². The third kappa shape index (κ3) is 3.47. The van der Waals surface area contributed by atoms with Crippen LogP contribution in [0.5, 0.6) is 0 Å². The predicted octanol–water partition coefficient (Wildman–Crippen LogP) is 1.12. The minimum absolute atomic E-state index is 0.451. The Morgan fingerprint density at radius 3 is 2.67 bits per heavy atom. The number of hydrogen-bond donors (Lipinski definition) is 0. The minimum atomic E-state index is -0.451. The number of rotatable bonds is 2. The highest BCUT2D eigenvalue weighted by molar-refractivity contribution is 4.70. The van der Waals surface area contributed by atoms with Crippen LogP contribution in [0.4, 0.5) is 4.39 Å². The molecule has 0 unspecified atom stereocenters. The first kappa shape index (κ1) is 5.47. The standard InChI is InChI=1S/C4H7FO/c1-6-4-2-3-5/h2,4H,3H2,1H3/b4-2+. The highest BCUT2D eigenvalue weighted by Crippen LogP contribution is 1.71. The lowest BCUT2D eigenvalue weighted by Crippen LogP contribution is -1.64. The normalized spacial score (nSPS) is 9.67. The van der Waals surface area contributed by atoms with E-state index in [2.05, 4.69) is 4.74 Å². The van der Waals surface area contributed by atoms with Gasteiger partial charge in [0.25, 0.3) is 0 Å². The molecule has 0 aliphatic heterocycles. The van der Waals surface area contributed by atoms with Gasteiger partial charge >= 0.3 is 0 Å². The van der Waals surface area contributed by atoms with E-state index >= 15 is 0 Å². The van der Waals surface area contributed by atoms with Gasteiger partial charge < -0.3 is 4.74 Å². The molecule has 0 aromatic carbocycles. The molecular weight excluding hydrogens is 83.0 g/mol. The molecule has 0 amide bonds. The van der Waals surface area contributed by atoms with Crippen molar-refractivity contribution in [2.75, 3.05) is 13.8 Å². The zero-order valence-corrected chi connectivity index (χ0v) is 3.65. The number of halogens is 1. The van der Waals surface area contributed by atoms with Gasteiger partial charge in [0.15, 0.2) is 0 Å². The first-order chi connectivity index (χ1) is 2.91. The summed E-state index contributed by atoms with van der Waals surface area (Å²) in [6.07, 6.45) is 2.60. The van der Waals surface area contributed by atoms with E-state index in [-0.39, 0.29) is 0 Å². The second kappa shape index (κ2) is 4.47. The Kier molecular flexibility index (Phi) is 4.08. The maximum atomic E-state index is 11.0. The monoisotopic (exact) mass is 90.0 g/mol. The lowest BCUT2D eigenvalue weighted by Gasteiger charge is -1.78. The SMILES string of the molecule is CO/C=C/CF. The molecule has 2 heteroatoms. The summed E-state index contributed by atoms with van der Waals surface area (Å²) in [5.41, 5.74) is 0. The quantitative estimate of drug-likeness (QED) is 0.461. The van der Waals surface area contributed by atoms with Gasteiger partial charge in [-0.25, -0.2) is 4.39 Å². The second-order valence-corrected chi connectivity index (χ2v) is 0.762. The molecule has 36 valence electrons. The van der Waals surface area contributed by atoms with Crippen LogP contribution in [0.15, 0.2) is 12.3 Å². The number of ether oxygens (including phenoxy) is 1. The molecule has 0 atom stereocenters. The molecule has 0 aliphatic rings. The topological polar surface area (TPSA) is 9.23 Å². The minimum Gasteiger partial charge on any atom is -0.505 e. The molecule has 0 aromatic rings. The fraction of sp³-hybridized carbons (Fsp3) is 0.500. The van der Waals surface area contributed by atoms with Crippen LogP contribution in [0.3, 0.4) is 0 Å². The highest BCUT2D eigenvalue weighted by Gasteiger charge is 1.61. The molecule has 0 aliphatic carbocycles. The van der Waals surface area contributed by atoms with Crippen LogP contribution < -0.4 is 0 Å². The number of alkyl halides is 1. The van der Waals surface area contributed by atoms with E-state index in [1.807, 2.05) is 0 Å². The van der Waals surface area contributed by atoms with Gasteiger partial charge in [-0.2, -0.15) is 0 Å². The van der Waals surface area contributed by atoms with Crippen molar-refractivity contribution in [1.29, 1.82) is 0 Å². The Bertz CT molecular complexity index is 36.8. The molecule has 0 radical (unpaired) electrons. The average molecular weight is 90.1 g/mol. The van der Waals surface area contributed by atoms with Gasteiger partial charge in [0.05, 0.1) is 13.4 Å². The van der Waals surface area contributed by atoms with Gasteiger partial charge in [-0.15, -0.1) is 0 Å². The zero-order valence-electron chi connectivity index (χ0n) is 3.65. The summed E-state index contributed by atoms with van der Waals surface area (Å²) in [5, 5.41) is 0. The highest BCUT2D eigenvalue weighted by atomic mass is 19.1. The van der Waals surface area contributed by atoms with Gasteiger partial charge in [-0.05, 0) is 6.08 Å². The summed E-state index contributed by atoms with van der Waals surface area (Å²) in [6.45, 7) is -0.451. The van der Waals surface area contributed by atoms with E-state index < -0.39 is 6.67 Å². The molecule has 0 aromatic heterocycles. The summed E-state index contributed by atoms with van der Waals surface area (Å²) in [7, 11) is 1.48. The molecule has 0 bridgehead atoms. The van der Waals surface area contributed by atoms with Crippen molar-refractivity contribution in [2.24, 2.45) is 0 Å². The van der Waals surface area contributed by atoms with Gasteiger partial charge in [0.2, 0.25) is 0 Å². The molecule has 0 fully saturated rings. The van der Waals surface area contributed by atoms with Crippen LogP contribution in [0.25, 0.3) is 0 Å². The predicted molar refractivity (Wildman–Crippen MR) is 22.1 cm³/mol. The Morgan fingerprint density at radius 1 is 1.83 bits per heavy atom. The number of allylic oxidation sites excluding steroid dienone is 1. The Labute approximate surface area is 36.4 Å². The van der Waals surface area contributed by atoms with Crippen molar-refractivity contribution < 1.29 is 9.13 Å². The first-order valence-corrected chi connectivity index (χ1v) is 1.65. The van der Waals surface area contributed by atoms with E-state index in [1.165, 1.54) is 19.4 Å². The van der Waals surface area contributed by atoms with Crippen molar-refractivity contribution in [2.45, 2.75) is 0 Å². The smallest absolute Gasteiger partial charge is 0.111 e. The van der Waals surface area contributed by atoms with Crippen LogP contribution in [0.2, 0.25) is 0 Å². The lowest BCUT2D eigenvalue weighted by atomic mass is 10.7. The Hall–Kier alpha value is -0.530. The molecule has 0 N–H and O–H groups in total. The van der Waals surface area contributed by atoms with Gasteiger partial charge in [-0.3, -0.25) is 0 Å². The second-order valence-electron chi connectivity index (χ2n) is 0.762. The summed E-state index contributed by atoms with van der Waals surface area (Å²) >= 11 is 0. The van der Waals surface area contributed by atoms with Crippen LogP contribution in [0, 0.1) is 0 Å². The summed E-state index contributed by atoms with van der Waals surface area (Å²) in [5.74, 6) is 0. The number of hydrogen-bond acceptors (Lipinski definition) is 1. The lowest BCUT2D eigenvalue weighted by molar-refractivity contribution is 0.334. The van der Waals surface area contributed by atoms with Crippen molar-refractivity contribution in [1.82, 2.24) is 0 Å². The molecule has 0 rings (SSSR count). The summed E-state index contributed by atoms with van der Waals surface area (Å²) < 4.78 is 15.4. The molecular formula is C4H7FO. The van der Waals surface area contributed by atoms with Crippen molar-refractivity contribution in [3.8, 4) is 0 Å². The molecule has 0 saturated heterocycles. The van der Waals surface area contributed by atoms with E-state index in [0.717, 1.165) is 0 Å². The van der Waals surface area contributed by atoms with E-state index in [1.54, 1.807) is 0 Å². The largest absolute Gasteiger partial charge is 0.505 e. The van der Waals surface area contributed by atoms with E-state index in [4.69, 9.17) is 0 Å². The Balaban J connectivity index is 2.73. The molecule has 1 nitrogen and oxygen atoms in total. The molecule has 0 saturated carbocycles. The molecule has 0 heterocycles. The maximum absolute atomic E-state index is 11.0. The summed E-state index contributed by atoms with van der Waals surface area (Å²) in [6, 6.07) is 0. The zero-order chi connectivity index (χ0) is 4.83. The van der Waals surface area contributed by atoms with E-state index in [9.17, 15) is 4.39 Å². The Morgan fingerprint density at radius 2 is 2.50 bits per heavy atom. The van der Waals surface area contributed by atoms with Gasteiger partial charge in [-0.1, -0.05) is 0 Å². The summed E-state index contributed by atoms with van der Waals surface area (Å²) in [4.78, 5) is 0. The maximum Gasteiger partial charge on any atom is 0.111 e. The fourth-order valence-corrected chi connectivity index (χ4v) is 0.133. The molecule has 0 spiro atoms. The third-order valence-electron chi connectivity index (χ3n) is 0.321. The van der Waals surface area contributed by atoms with Crippen molar-refractivity contribution in [3.05, 3.63) is 12.3 Å². The average Bonchev–Trinajstić information content (AvgIpc) is 1.61. The van der Waals surface area contributed by atoms with Crippen LogP contribution >= 0.6 is 0 Å². The van der Waals surface area contributed by atoms with Gasteiger partial charge in [0.1, 0.15) is 6.67 Å². The van der Waals surface area contributed by atoms with Gasteiger partial charge in [0, 0.05) is 0 Å². The van der Waals surface area contributed by atoms with Crippen molar-refractivity contribution in [3.63, 3.8) is 0 Å². The fourth-order valence-electron chi connectivity index (χ4n) is 0.133. The first-order valence-electron chi connectivity index (χ1n) is 1.65. The number of methoxy groups -OCH3 is 1. The molecule has 6 heavy (non-hydrogen) atoms. The van der Waals surface area contributed by atoms with Crippen LogP contribution in [0.1, 0.15) is 0 Å². The van der Waals surface area contributed by atoms with Crippen LogP contribution in [-0.4, -0.2) is 13.8 Å².